The fraction of sp³-hybridized carbons (Fsp3) is 0.409. The molecule has 4 heterocycles. The maximum Gasteiger partial charge on any atom is 0.188 e. The molecule has 0 aromatic carbocycles. The zero-order valence-corrected chi connectivity index (χ0v) is 19.7. The van der Waals surface area contributed by atoms with Crippen molar-refractivity contribution in [1.29, 1.82) is 5.26 Å². The maximum atomic E-state index is 14.9. The number of hydrogen-bond acceptors (Lipinski definition) is 8. The molecule has 0 radical (unpaired) electrons. The summed E-state index contributed by atoms with van der Waals surface area (Å²) < 4.78 is 32.3. The first-order valence-electron chi connectivity index (χ1n) is 10.3. The van der Waals surface area contributed by atoms with Gasteiger partial charge in [-0.25, -0.2) is 13.0 Å². The molecule has 2 aliphatic heterocycles. The molecule has 33 heavy (non-hydrogen) atoms. The number of hydrogen-bond donors (Lipinski definition) is 1. The van der Waals surface area contributed by atoms with E-state index in [9.17, 15) is 13.4 Å². The van der Waals surface area contributed by atoms with Gasteiger partial charge in [-0.3, -0.25) is 19.8 Å². The van der Waals surface area contributed by atoms with E-state index in [0.717, 1.165) is 6.42 Å². The van der Waals surface area contributed by atoms with Crippen molar-refractivity contribution in [1.82, 2.24) is 9.97 Å². The van der Waals surface area contributed by atoms with Crippen LogP contribution in [-0.2, 0) is 21.7 Å². The normalized spacial score (nSPS) is 28.8. The summed E-state index contributed by atoms with van der Waals surface area (Å²) in [5.41, 5.74) is 5.43. The van der Waals surface area contributed by atoms with Gasteiger partial charge in [-0.1, -0.05) is 11.6 Å². The van der Waals surface area contributed by atoms with Crippen LogP contribution in [0.15, 0.2) is 33.8 Å². The molecule has 0 spiro atoms. The van der Waals surface area contributed by atoms with E-state index >= 15 is 0 Å². The fourth-order valence-electron chi connectivity index (χ4n) is 4.26. The molecule has 0 saturated heterocycles. The Bertz CT molecular complexity index is 1360. The van der Waals surface area contributed by atoms with Gasteiger partial charge in [0.15, 0.2) is 5.78 Å². The number of carbonyl (C=O) groups is 1. The van der Waals surface area contributed by atoms with E-state index in [-0.39, 0.29) is 45.7 Å². The van der Waals surface area contributed by atoms with E-state index in [1.54, 1.807) is 13.8 Å². The monoisotopic (exact) mass is 488 g/mol. The zero-order chi connectivity index (χ0) is 24.0. The summed E-state index contributed by atoms with van der Waals surface area (Å²) in [6, 6.07) is 5.85. The molecule has 0 bridgehead atoms. The predicted molar refractivity (Wildman–Crippen MR) is 123 cm³/mol. The summed E-state index contributed by atoms with van der Waals surface area (Å²) in [5.74, 6) is -0.906. The molecule has 0 fully saturated rings. The first kappa shape index (κ1) is 23.3. The van der Waals surface area contributed by atoms with E-state index in [1.165, 1.54) is 24.4 Å². The first-order chi connectivity index (χ1) is 15.5. The number of aromatic nitrogens is 2. The lowest BCUT2D eigenvalue weighted by Gasteiger charge is -2.43. The van der Waals surface area contributed by atoms with Crippen LogP contribution in [0, 0.1) is 17.1 Å². The average molecular weight is 489 g/mol. The molecule has 2 aromatic heterocycles. The minimum atomic E-state index is -2.80. The van der Waals surface area contributed by atoms with Crippen LogP contribution in [-0.4, -0.2) is 42.8 Å². The van der Waals surface area contributed by atoms with Gasteiger partial charge >= 0.3 is 0 Å². The summed E-state index contributed by atoms with van der Waals surface area (Å²) >= 11 is 6.09. The lowest BCUT2D eigenvalue weighted by molar-refractivity contribution is 0.0987. The number of Topliss-reactive ketones (excluding diaryl/α,β-unsaturated/α-hetero) is 1. The van der Waals surface area contributed by atoms with Crippen LogP contribution in [0.3, 0.4) is 0 Å². The minimum absolute atomic E-state index is 0.00536. The van der Waals surface area contributed by atoms with Crippen molar-refractivity contribution < 1.29 is 13.4 Å². The fourth-order valence-corrected chi connectivity index (χ4v) is 7.45. The largest absolute Gasteiger partial charge is 0.386 e. The molecular formula is C22H22ClFN6O2S. The number of nitrogens with two attached hydrogens (primary N) is 1. The summed E-state index contributed by atoms with van der Waals surface area (Å²) in [5, 5.41) is 8.98. The van der Waals surface area contributed by atoms with Gasteiger partial charge in [0, 0.05) is 18.4 Å². The second kappa shape index (κ2) is 8.15. The van der Waals surface area contributed by atoms with Crippen LogP contribution < -0.4 is 5.73 Å². The average Bonchev–Trinajstić information content (AvgIpc) is 2.76. The highest BCUT2D eigenvalue weighted by molar-refractivity contribution is 7.95. The molecule has 0 saturated carbocycles. The van der Waals surface area contributed by atoms with Gasteiger partial charge in [-0.15, -0.1) is 0 Å². The Morgan fingerprint density at radius 3 is 2.85 bits per heavy atom. The number of ketones is 1. The van der Waals surface area contributed by atoms with Gasteiger partial charge in [0.05, 0.1) is 32.5 Å². The van der Waals surface area contributed by atoms with Crippen LogP contribution in [0.5, 0.6) is 0 Å². The van der Waals surface area contributed by atoms with Crippen molar-refractivity contribution in [2.24, 2.45) is 15.1 Å². The van der Waals surface area contributed by atoms with Crippen molar-refractivity contribution in [3.05, 3.63) is 57.9 Å². The minimum Gasteiger partial charge on any atom is -0.386 e. The van der Waals surface area contributed by atoms with Gasteiger partial charge in [0.2, 0.25) is 0 Å². The molecular weight excluding hydrogens is 467 g/mol. The van der Waals surface area contributed by atoms with Gasteiger partial charge in [-0.05, 0) is 44.9 Å². The van der Waals surface area contributed by atoms with Crippen molar-refractivity contribution >= 4 is 32.9 Å². The Kier molecular flexibility index (Phi) is 5.75. The summed E-state index contributed by atoms with van der Waals surface area (Å²) in [6.07, 6.45) is 2.42. The number of halogens is 2. The standard InChI is InChI=1S/C22H22ClFN6O2S/c1-21(12-33(32)22(2,20(26)30-21)6-3-7-28-33)19-16(24)5-4-14(29-19)9-17(31)18-15(23)8-13(10-25)11-27-18/h4-5,8,11H,3,6-7,9,12H2,1-2H3,(H2,26,30). The quantitative estimate of drug-likeness (QED) is 0.656. The SMILES string of the molecule is CC1(c2nc(CC(=O)c3ncc(C#N)cc3Cl)ccc2F)CS2(=O)=NCCCC2(C)C(N)=N1. The molecule has 0 aliphatic carbocycles. The Labute approximate surface area is 196 Å². The molecule has 2 N–H and O–H groups in total. The number of nitrogens with zero attached hydrogens (tertiary/aromatic N) is 5. The number of pyridine rings is 2. The molecule has 3 atom stereocenters. The smallest absolute Gasteiger partial charge is 0.188 e. The van der Waals surface area contributed by atoms with E-state index in [4.69, 9.17) is 22.6 Å². The highest BCUT2D eigenvalue weighted by atomic mass is 35.5. The molecule has 2 aliphatic rings. The van der Waals surface area contributed by atoms with Crippen molar-refractivity contribution in [3.8, 4) is 6.07 Å². The number of nitriles is 1. The van der Waals surface area contributed by atoms with Gasteiger partial charge < -0.3 is 5.73 Å². The van der Waals surface area contributed by atoms with E-state index in [2.05, 4.69) is 19.3 Å². The number of rotatable bonds is 4. The van der Waals surface area contributed by atoms with Crippen LogP contribution in [0.1, 0.15) is 54.1 Å². The van der Waals surface area contributed by atoms with Crippen LogP contribution in [0.4, 0.5) is 4.39 Å². The highest BCUT2D eigenvalue weighted by Gasteiger charge is 2.51. The molecule has 172 valence electrons. The van der Waals surface area contributed by atoms with Crippen LogP contribution >= 0.6 is 11.6 Å². The lowest BCUT2D eigenvalue weighted by Crippen LogP contribution is -2.57. The second-order valence-electron chi connectivity index (χ2n) is 8.64. The molecule has 3 unspecified atom stereocenters. The third-order valence-electron chi connectivity index (χ3n) is 6.19. The third-order valence-corrected chi connectivity index (χ3v) is 9.85. The Morgan fingerprint density at radius 2 is 2.15 bits per heavy atom. The van der Waals surface area contributed by atoms with Crippen molar-refractivity contribution in [3.63, 3.8) is 0 Å². The molecule has 0 amide bonds. The van der Waals surface area contributed by atoms with E-state index in [0.29, 0.717) is 13.0 Å². The van der Waals surface area contributed by atoms with Crippen LogP contribution in [0.25, 0.3) is 0 Å². The Morgan fingerprint density at radius 1 is 1.39 bits per heavy atom. The Hall–Kier alpha value is -2.90. The van der Waals surface area contributed by atoms with Gasteiger partial charge in [0.25, 0.3) is 0 Å². The topological polar surface area (TPSA) is 134 Å². The summed E-state index contributed by atoms with van der Waals surface area (Å²) in [6.45, 7) is 3.89. The lowest BCUT2D eigenvalue weighted by atomic mass is 9.96. The van der Waals surface area contributed by atoms with Crippen molar-refractivity contribution in [2.75, 3.05) is 12.3 Å². The predicted octanol–water partition coefficient (Wildman–Crippen LogP) is 3.17. The van der Waals surface area contributed by atoms with E-state index < -0.39 is 31.6 Å². The third kappa shape index (κ3) is 3.89. The second-order valence-corrected chi connectivity index (χ2v) is 11.8. The van der Waals surface area contributed by atoms with Crippen molar-refractivity contribution in [2.45, 2.75) is 43.4 Å². The molecule has 11 heteroatoms. The first-order valence-corrected chi connectivity index (χ1v) is 12.4. The van der Waals surface area contributed by atoms with Crippen LogP contribution in [0.2, 0.25) is 5.02 Å². The number of amidine groups is 1. The molecule has 2 aromatic rings. The highest BCUT2D eigenvalue weighted by Crippen LogP contribution is 2.42. The number of carbonyl (C=O) groups excluding carboxylic acids is 1. The maximum absolute atomic E-state index is 14.9. The zero-order valence-electron chi connectivity index (χ0n) is 18.1. The van der Waals surface area contributed by atoms with Gasteiger partial charge in [-0.2, -0.15) is 5.26 Å². The summed E-state index contributed by atoms with van der Waals surface area (Å²) in [4.78, 5) is 25.6. The summed E-state index contributed by atoms with van der Waals surface area (Å²) in [7, 11) is -2.80. The van der Waals surface area contributed by atoms with Gasteiger partial charge in [0.1, 0.15) is 39.4 Å². The Balaban J connectivity index is 1.70. The van der Waals surface area contributed by atoms with E-state index in [1.807, 2.05) is 6.07 Å². The molecule has 4 rings (SSSR count). The number of fused-ring (bicyclic) bond motifs is 1. The number of aliphatic imine (C=N–C) groups is 1. The molecule has 8 nitrogen and oxygen atoms in total.